The number of rotatable bonds is 3. The van der Waals surface area contributed by atoms with Crippen LogP contribution < -0.4 is 4.74 Å². The molecule has 0 saturated heterocycles. The highest BCUT2D eigenvalue weighted by Crippen LogP contribution is 2.28. The summed E-state index contributed by atoms with van der Waals surface area (Å²) in [4.78, 5) is 0. The summed E-state index contributed by atoms with van der Waals surface area (Å²) in [6.07, 6.45) is 0. The van der Waals surface area contributed by atoms with Crippen molar-refractivity contribution in [2.45, 2.75) is 19.7 Å². The number of benzene rings is 2. The van der Waals surface area contributed by atoms with Gasteiger partial charge in [0.1, 0.15) is 5.75 Å². The molecule has 1 nitrogen and oxygen atoms in total. The molecule has 0 fully saturated rings. The van der Waals surface area contributed by atoms with Crippen molar-refractivity contribution < 1.29 is 9.13 Å². The van der Waals surface area contributed by atoms with Crippen LogP contribution in [0.5, 0.6) is 11.5 Å². The van der Waals surface area contributed by atoms with Gasteiger partial charge in [0.2, 0.25) is 0 Å². The molecule has 2 aromatic rings. The average Bonchev–Trinajstić information content (AvgIpc) is 2.34. The van der Waals surface area contributed by atoms with Gasteiger partial charge in [-0.25, -0.2) is 4.39 Å². The molecule has 0 unspecified atom stereocenters. The maximum atomic E-state index is 13.8. The first kappa shape index (κ1) is 12.9. The topological polar surface area (TPSA) is 9.23 Å². The zero-order chi connectivity index (χ0) is 13.1. The number of hydrogen-bond acceptors (Lipinski definition) is 1. The third-order valence-corrected chi connectivity index (χ3v) is 3.01. The summed E-state index contributed by atoms with van der Waals surface area (Å²) in [5.41, 5.74) is 2.87. The number of hydrogen-bond donors (Lipinski definition) is 0. The van der Waals surface area contributed by atoms with E-state index in [1.807, 2.05) is 32.0 Å². The van der Waals surface area contributed by atoms with Crippen molar-refractivity contribution in [3.05, 3.63) is 58.9 Å². The molecule has 0 bridgehead atoms. The molecule has 0 aliphatic carbocycles. The van der Waals surface area contributed by atoms with Crippen LogP contribution in [0.2, 0.25) is 0 Å². The smallest absolute Gasteiger partial charge is 0.166 e. The Labute approximate surface area is 111 Å². The highest BCUT2D eigenvalue weighted by Gasteiger charge is 2.07. The van der Waals surface area contributed by atoms with E-state index in [0.717, 1.165) is 16.7 Å². The predicted molar refractivity (Wildman–Crippen MR) is 71.9 cm³/mol. The molecule has 2 rings (SSSR count). The molecule has 3 heteroatoms. The average molecular weight is 265 g/mol. The quantitative estimate of drug-likeness (QED) is 0.711. The number of ether oxygens (including phenoxy) is 1. The van der Waals surface area contributed by atoms with Crippen LogP contribution in [0.25, 0.3) is 0 Å². The number of alkyl halides is 1. The summed E-state index contributed by atoms with van der Waals surface area (Å²) in [5.74, 6) is 0.780. The normalized spacial score (nSPS) is 10.4. The maximum Gasteiger partial charge on any atom is 0.166 e. The van der Waals surface area contributed by atoms with Gasteiger partial charge in [0.25, 0.3) is 0 Å². The SMILES string of the molecule is Cc1ccc(Oc2ccc(CCl)cc2F)c(C)c1. The Bertz CT molecular complexity index is 566. The van der Waals surface area contributed by atoms with Crippen molar-refractivity contribution in [3.63, 3.8) is 0 Å². The van der Waals surface area contributed by atoms with E-state index in [1.54, 1.807) is 12.1 Å². The van der Waals surface area contributed by atoms with Crippen LogP contribution in [0.1, 0.15) is 16.7 Å². The zero-order valence-corrected chi connectivity index (χ0v) is 11.1. The zero-order valence-electron chi connectivity index (χ0n) is 10.3. The molecule has 0 aliphatic heterocycles. The van der Waals surface area contributed by atoms with Gasteiger partial charge in [0.05, 0.1) is 0 Å². The van der Waals surface area contributed by atoms with E-state index in [1.165, 1.54) is 6.07 Å². The van der Waals surface area contributed by atoms with Gasteiger partial charge in [-0.15, -0.1) is 11.6 Å². The summed E-state index contributed by atoms with van der Waals surface area (Å²) < 4.78 is 19.3. The minimum atomic E-state index is -0.395. The van der Waals surface area contributed by atoms with Gasteiger partial charge in [-0.3, -0.25) is 0 Å². The van der Waals surface area contributed by atoms with Crippen LogP contribution in [-0.2, 0) is 5.88 Å². The predicted octanol–water partition coefficient (Wildman–Crippen LogP) is 4.97. The Morgan fingerprint density at radius 2 is 1.78 bits per heavy atom. The lowest BCUT2D eigenvalue weighted by Crippen LogP contribution is -1.92. The molecule has 0 amide bonds. The number of aryl methyl sites for hydroxylation is 2. The van der Waals surface area contributed by atoms with E-state index in [4.69, 9.17) is 16.3 Å². The van der Waals surface area contributed by atoms with Crippen molar-refractivity contribution >= 4 is 11.6 Å². The first-order valence-electron chi connectivity index (χ1n) is 5.69. The highest BCUT2D eigenvalue weighted by molar-refractivity contribution is 6.17. The lowest BCUT2D eigenvalue weighted by molar-refractivity contribution is 0.439. The molecule has 0 heterocycles. The van der Waals surface area contributed by atoms with Gasteiger partial charge in [-0.1, -0.05) is 23.8 Å². The summed E-state index contributed by atoms with van der Waals surface area (Å²) in [7, 11) is 0. The van der Waals surface area contributed by atoms with Crippen molar-refractivity contribution in [1.82, 2.24) is 0 Å². The van der Waals surface area contributed by atoms with Gasteiger partial charge in [0, 0.05) is 5.88 Å². The van der Waals surface area contributed by atoms with Crippen LogP contribution >= 0.6 is 11.6 Å². The largest absolute Gasteiger partial charge is 0.454 e. The summed E-state index contributed by atoms with van der Waals surface area (Å²) in [6.45, 7) is 3.94. The first-order valence-corrected chi connectivity index (χ1v) is 6.23. The Morgan fingerprint density at radius 1 is 1.06 bits per heavy atom. The van der Waals surface area contributed by atoms with E-state index in [9.17, 15) is 4.39 Å². The van der Waals surface area contributed by atoms with Gasteiger partial charge >= 0.3 is 0 Å². The molecule has 0 aliphatic rings. The summed E-state index contributed by atoms with van der Waals surface area (Å²) in [6, 6.07) is 10.5. The van der Waals surface area contributed by atoms with Crippen LogP contribution in [0.4, 0.5) is 4.39 Å². The molecule has 0 aromatic heterocycles. The second-order valence-corrected chi connectivity index (χ2v) is 4.54. The van der Waals surface area contributed by atoms with E-state index in [0.29, 0.717) is 11.6 Å². The Hall–Kier alpha value is -1.54. The second kappa shape index (κ2) is 5.40. The second-order valence-electron chi connectivity index (χ2n) is 4.27. The van der Waals surface area contributed by atoms with Crippen LogP contribution in [0, 0.1) is 19.7 Å². The minimum Gasteiger partial charge on any atom is -0.454 e. The van der Waals surface area contributed by atoms with Gasteiger partial charge in [-0.05, 0) is 43.2 Å². The highest BCUT2D eigenvalue weighted by atomic mass is 35.5. The molecule has 18 heavy (non-hydrogen) atoms. The minimum absolute atomic E-state index is 0.218. The lowest BCUT2D eigenvalue weighted by Gasteiger charge is -2.10. The molecular weight excluding hydrogens is 251 g/mol. The van der Waals surface area contributed by atoms with Crippen molar-refractivity contribution in [1.29, 1.82) is 0 Å². The fourth-order valence-electron chi connectivity index (χ4n) is 1.74. The lowest BCUT2D eigenvalue weighted by atomic mass is 10.1. The fourth-order valence-corrected chi connectivity index (χ4v) is 1.91. The molecule has 0 atom stereocenters. The third kappa shape index (κ3) is 2.82. The van der Waals surface area contributed by atoms with Crippen molar-refractivity contribution in [3.8, 4) is 11.5 Å². The Kier molecular flexibility index (Phi) is 3.87. The van der Waals surface area contributed by atoms with Crippen LogP contribution in [0.3, 0.4) is 0 Å². The standard InChI is InChI=1S/C15H14ClFO/c1-10-3-5-14(11(2)7-10)18-15-6-4-12(9-16)8-13(15)17/h3-8H,9H2,1-2H3. The van der Waals surface area contributed by atoms with Gasteiger partial charge < -0.3 is 4.74 Å². The molecule has 0 N–H and O–H groups in total. The monoisotopic (exact) mass is 264 g/mol. The molecule has 0 saturated carbocycles. The molecule has 94 valence electrons. The van der Waals surface area contributed by atoms with E-state index < -0.39 is 5.82 Å². The van der Waals surface area contributed by atoms with E-state index >= 15 is 0 Å². The molecule has 2 aromatic carbocycles. The summed E-state index contributed by atoms with van der Waals surface area (Å²) in [5, 5.41) is 0. The fraction of sp³-hybridized carbons (Fsp3) is 0.200. The van der Waals surface area contributed by atoms with Crippen LogP contribution in [-0.4, -0.2) is 0 Å². The van der Waals surface area contributed by atoms with E-state index in [2.05, 4.69) is 0 Å². The van der Waals surface area contributed by atoms with Crippen molar-refractivity contribution in [2.24, 2.45) is 0 Å². The maximum absolute atomic E-state index is 13.8. The molecular formula is C15H14ClFO. The molecule has 0 radical (unpaired) electrons. The van der Waals surface area contributed by atoms with Gasteiger partial charge in [0.15, 0.2) is 11.6 Å². The Morgan fingerprint density at radius 3 is 2.39 bits per heavy atom. The third-order valence-electron chi connectivity index (χ3n) is 2.70. The van der Waals surface area contributed by atoms with Crippen LogP contribution in [0.15, 0.2) is 36.4 Å². The number of halogens is 2. The summed E-state index contributed by atoms with van der Waals surface area (Å²) >= 11 is 5.65. The van der Waals surface area contributed by atoms with E-state index in [-0.39, 0.29) is 5.75 Å². The molecule has 0 spiro atoms. The van der Waals surface area contributed by atoms with Gasteiger partial charge in [-0.2, -0.15) is 0 Å². The van der Waals surface area contributed by atoms with Crippen molar-refractivity contribution in [2.75, 3.05) is 0 Å². The first-order chi connectivity index (χ1) is 8.60. The Balaban J connectivity index is 2.28.